The molecule has 2 saturated heterocycles. The maximum atomic E-state index is 5.85. The van der Waals surface area contributed by atoms with Crippen LogP contribution in [0.25, 0.3) is 0 Å². The van der Waals surface area contributed by atoms with Crippen molar-refractivity contribution in [3.8, 4) is 0 Å². The van der Waals surface area contributed by atoms with Crippen molar-refractivity contribution in [2.75, 3.05) is 13.2 Å². The Morgan fingerprint density at radius 1 is 1.38 bits per heavy atom. The van der Waals surface area contributed by atoms with E-state index in [-0.39, 0.29) is 5.60 Å². The smallest absolute Gasteiger partial charge is 0.0633 e. The molecule has 0 bridgehead atoms. The molecular weight excluding hydrogens is 162 g/mol. The summed E-state index contributed by atoms with van der Waals surface area (Å²) in [5.41, 5.74) is 0.616. The van der Waals surface area contributed by atoms with Crippen LogP contribution in [0.1, 0.15) is 40.0 Å². The molecule has 0 aliphatic carbocycles. The molecule has 1 spiro atoms. The van der Waals surface area contributed by atoms with Crippen LogP contribution in [-0.4, -0.2) is 24.8 Å². The zero-order chi connectivity index (χ0) is 9.53. The van der Waals surface area contributed by atoms with Crippen LogP contribution in [0, 0.1) is 5.41 Å². The van der Waals surface area contributed by atoms with Crippen LogP contribution in [0.2, 0.25) is 0 Å². The van der Waals surface area contributed by atoms with E-state index in [1.54, 1.807) is 0 Å². The molecule has 2 heteroatoms. The Kier molecular flexibility index (Phi) is 2.16. The van der Waals surface area contributed by atoms with Gasteiger partial charge in [-0.1, -0.05) is 0 Å². The van der Waals surface area contributed by atoms with Crippen LogP contribution in [0.15, 0.2) is 0 Å². The summed E-state index contributed by atoms with van der Waals surface area (Å²) in [6, 6.07) is 0.672. The first-order valence-electron chi connectivity index (χ1n) is 5.39. The first-order valence-corrected chi connectivity index (χ1v) is 5.39. The molecule has 2 aliphatic rings. The van der Waals surface area contributed by atoms with E-state index >= 15 is 0 Å². The molecule has 2 aliphatic heterocycles. The number of hydrogen-bond acceptors (Lipinski definition) is 2. The minimum atomic E-state index is 0.122. The summed E-state index contributed by atoms with van der Waals surface area (Å²) in [7, 11) is 0. The second-order valence-corrected chi connectivity index (χ2v) is 5.53. The van der Waals surface area contributed by atoms with Gasteiger partial charge in [-0.3, -0.25) is 0 Å². The van der Waals surface area contributed by atoms with E-state index in [0.717, 1.165) is 6.61 Å². The minimum absolute atomic E-state index is 0.122. The molecule has 2 fully saturated rings. The number of piperidine rings is 1. The van der Waals surface area contributed by atoms with Crippen molar-refractivity contribution >= 4 is 0 Å². The lowest BCUT2D eigenvalue weighted by molar-refractivity contribution is 0.0279. The van der Waals surface area contributed by atoms with E-state index in [0.29, 0.717) is 11.5 Å². The first kappa shape index (κ1) is 9.47. The van der Waals surface area contributed by atoms with Gasteiger partial charge in [-0.05, 0) is 52.0 Å². The summed E-state index contributed by atoms with van der Waals surface area (Å²) in [5, 5.41) is 3.50. The van der Waals surface area contributed by atoms with Crippen LogP contribution in [0.4, 0.5) is 0 Å². The zero-order valence-electron chi connectivity index (χ0n) is 9.02. The van der Waals surface area contributed by atoms with Crippen LogP contribution >= 0.6 is 0 Å². The Balaban J connectivity index is 2.05. The van der Waals surface area contributed by atoms with Crippen molar-refractivity contribution in [3.05, 3.63) is 0 Å². The standard InChI is InChI=1S/C11H21NO/c1-9-6-11(4-5-12-9)7-10(2,3)13-8-11/h9,12H,4-8H2,1-3H3/t9-,11?/m1/s1. The van der Waals surface area contributed by atoms with E-state index in [4.69, 9.17) is 4.74 Å². The van der Waals surface area contributed by atoms with Crippen LogP contribution in [0.5, 0.6) is 0 Å². The Morgan fingerprint density at radius 3 is 2.69 bits per heavy atom. The lowest BCUT2D eigenvalue weighted by Gasteiger charge is -2.36. The molecule has 0 saturated carbocycles. The highest BCUT2D eigenvalue weighted by Crippen LogP contribution is 2.45. The largest absolute Gasteiger partial charge is 0.375 e. The number of ether oxygens (including phenoxy) is 1. The van der Waals surface area contributed by atoms with Crippen LogP contribution in [-0.2, 0) is 4.74 Å². The lowest BCUT2D eigenvalue weighted by atomic mass is 9.73. The molecule has 13 heavy (non-hydrogen) atoms. The number of hydrogen-bond donors (Lipinski definition) is 1. The lowest BCUT2D eigenvalue weighted by Crippen LogP contribution is -2.43. The molecule has 1 unspecified atom stereocenters. The van der Waals surface area contributed by atoms with Crippen molar-refractivity contribution in [1.29, 1.82) is 0 Å². The van der Waals surface area contributed by atoms with Gasteiger partial charge in [0.25, 0.3) is 0 Å². The predicted octanol–water partition coefficient (Wildman–Crippen LogP) is 1.94. The Hall–Kier alpha value is -0.0800. The maximum absolute atomic E-state index is 5.85. The molecule has 2 nitrogen and oxygen atoms in total. The molecule has 0 aromatic heterocycles. The van der Waals surface area contributed by atoms with Gasteiger partial charge in [0.1, 0.15) is 0 Å². The van der Waals surface area contributed by atoms with Crippen molar-refractivity contribution in [3.63, 3.8) is 0 Å². The molecule has 2 rings (SSSR count). The summed E-state index contributed by atoms with van der Waals surface area (Å²) >= 11 is 0. The molecule has 0 aromatic rings. The Bertz CT molecular complexity index is 202. The summed E-state index contributed by atoms with van der Waals surface area (Å²) in [6.07, 6.45) is 3.82. The van der Waals surface area contributed by atoms with Gasteiger partial charge < -0.3 is 10.1 Å². The van der Waals surface area contributed by atoms with Crippen molar-refractivity contribution < 1.29 is 4.74 Å². The summed E-state index contributed by atoms with van der Waals surface area (Å²) < 4.78 is 5.85. The van der Waals surface area contributed by atoms with Crippen molar-refractivity contribution in [1.82, 2.24) is 5.32 Å². The fourth-order valence-corrected chi connectivity index (χ4v) is 3.05. The van der Waals surface area contributed by atoms with Crippen molar-refractivity contribution in [2.24, 2.45) is 5.41 Å². The molecular formula is C11H21NO. The summed E-state index contributed by atoms with van der Waals surface area (Å²) in [6.45, 7) is 8.86. The Labute approximate surface area is 81.0 Å². The quantitative estimate of drug-likeness (QED) is 0.619. The van der Waals surface area contributed by atoms with Crippen LogP contribution in [0.3, 0.4) is 0 Å². The van der Waals surface area contributed by atoms with Gasteiger partial charge in [-0.25, -0.2) is 0 Å². The summed E-state index contributed by atoms with van der Waals surface area (Å²) in [5.74, 6) is 0. The minimum Gasteiger partial charge on any atom is -0.375 e. The molecule has 1 N–H and O–H groups in total. The third-order valence-electron chi connectivity index (χ3n) is 3.46. The Morgan fingerprint density at radius 2 is 2.15 bits per heavy atom. The highest BCUT2D eigenvalue weighted by atomic mass is 16.5. The van der Waals surface area contributed by atoms with Crippen LogP contribution < -0.4 is 5.32 Å². The van der Waals surface area contributed by atoms with Gasteiger partial charge in [0.05, 0.1) is 12.2 Å². The summed E-state index contributed by atoms with van der Waals surface area (Å²) in [4.78, 5) is 0. The highest BCUT2D eigenvalue weighted by Gasteiger charge is 2.45. The average Bonchev–Trinajstić information content (AvgIpc) is 2.26. The number of rotatable bonds is 0. The van der Waals surface area contributed by atoms with E-state index in [2.05, 4.69) is 26.1 Å². The molecule has 0 aromatic carbocycles. The molecule has 76 valence electrons. The van der Waals surface area contributed by atoms with Gasteiger partial charge in [-0.15, -0.1) is 0 Å². The molecule has 0 radical (unpaired) electrons. The van der Waals surface area contributed by atoms with Crippen molar-refractivity contribution in [2.45, 2.75) is 51.7 Å². The topological polar surface area (TPSA) is 21.3 Å². The first-order chi connectivity index (χ1) is 6.02. The predicted molar refractivity (Wildman–Crippen MR) is 53.8 cm³/mol. The van der Waals surface area contributed by atoms with Gasteiger partial charge in [-0.2, -0.15) is 0 Å². The fraction of sp³-hybridized carbons (Fsp3) is 1.00. The average molecular weight is 183 g/mol. The highest BCUT2D eigenvalue weighted by molar-refractivity contribution is 4.97. The SMILES string of the molecule is C[C@@H]1CC2(CCN1)COC(C)(C)C2. The monoisotopic (exact) mass is 183 g/mol. The normalized spacial score (nSPS) is 44.1. The van der Waals surface area contributed by atoms with Gasteiger partial charge in [0.15, 0.2) is 0 Å². The third-order valence-corrected chi connectivity index (χ3v) is 3.46. The second-order valence-electron chi connectivity index (χ2n) is 5.53. The van der Waals surface area contributed by atoms with E-state index < -0.39 is 0 Å². The second kappa shape index (κ2) is 2.96. The fourth-order valence-electron chi connectivity index (χ4n) is 3.05. The van der Waals surface area contributed by atoms with E-state index in [1.807, 2.05) is 0 Å². The molecule has 2 atom stereocenters. The van der Waals surface area contributed by atoms with Gasteiger partial charge in [0, 0.05) is 6.04 Å². The van der Waals surface area contributed by atoms with Gasteiger partial charge >= 0.3 is 0 Å². The number of nitrogens with one attached hydrogen (secondary N) is 1. The van der Waals surface area contributed by atoms with E-state index in [1.165, 1.54) is 25.8 Å². The third kappa shape index (κ3) is 1.89. The molecule has 0 amide bonds. The molecule has 2 heterocycles. The van der Waals surface area contributed by atoms with Gasteiger partial charge in [0.2, 0.25) is 0 Å². The zero-order valence-corrected chi connectivity index (χ0v) is 9.02. The van der Waals surface area contributed by atoms with E-state index in [9.17, 15) is 0 Å². The maximum Gasteiger partial charge on any atom is 0.0633 e.